The highest BCUT2D eigenvalue weighted by atomic mass is 32.2. The zero-order chi connectivity index (χ0) is 12.3. The van der Waals surface area contributed by atoms with Crippen LogP contribution in [0.1, 0.15) is 39.4 Å². The Bertz CT molecular complexity index is 334. The molecule has 3 heteroatoms. The molecule has 96 valence electrons. The summed E-state index contributed by atoms with van der Waals surface area (Å²) in [6.07, 6.45) is 4.40. The van der Waals surface area contributed by atoms with E-state index in [0.29, 0.717) is 11.5 Å². The second-order valence-corrected chi connectivity index (χ2v) is 6.72. The van der Waals surface area contributed by atoms with E-state index in [0.717, 1.165) is 23.3 Å². The summed E-state index contributed by atoms with van der Waals surface area (Å²) in [5.41, 5.74) is 0.427. The smallest absolute Gasteiger partial charge is 0.113 e. The lowest BCUT2D eigenvalue weighted by Crippen LogP contribution is -2.43. The third-order valence-corrected chi connectivity index (χ3v) is 5.12. The molecule has 0 spiro atoms. The molecule has 1 aliphatic rings. The molecule has 2 nitrogen and oxygen atoms in total. The Balaban J connectivity index is 1.91. The molecule has 0 saturated heterocycles. The molecule has 1 fully saturated rings. The Morgan fingerprint density at radius 3 is 3.00 bits per heavy atom. The number of hydrogen-bond acceptors (Lipinski definition) is 3. The second-order valence-electron chi connectivity index (χ2n) is 5.49. The maximum absolute atomic E-state index is 5.40. The summed E-state index contributed by atoms with van der Waals surface area (Å²) in [6.45, 7) is 8.02. The Kier molecular flexibility index (Phi) is 4.21. The van der Waals surface area contributed by atoms with Crippen LogP contribution in [0.15, 0.2) is 22.8 Å². The summed E-state index contributed by atoms with van der Waals surface area (Å²) in [5.74, 6) is 2.09. The number of rotatable bonds is 5. The van der Waals surface area contributed by atoms with Gasteiger partial charge >= 0.3 is 0 Å². The van der Waals surface area contributed by atoms with Crippen molar-refractivity contribution in [3.05, 3.63) is 24.2 Å². The lowest BCUT2D eigenvalue weighted by Gasteiger charge is -2.31. The van der Waals surface area contributed by atoms with Gasteiger partial charge in [0.1, 0.15) is 5.76 Å². The average Bonchev–Trinajstić information content (AvgIpc) is 2.87. The van der Waals surface area contributed by atoms with Crippen molar-refractivity contribution in [2.75, 3.05) is 6.54 Å². The van der Waals surface area contributed by atoms with E-state index in [1.807, 2.05) is 17.8 Å². The average molecular weight is 253 g/mol. The van der Waals surface area contributed by atoms with Crippen molar-refractivity contribution in [1.29, 1.82) is 0 Å². The van der Waals surface area contributed by atoms with Gasteiger partial charge in [-0.25, -0.2) is 0 Å². The maximum atomic E-state index is 5.40. The van der Waals surface area contributed by atoms with E-state index in [-0.39, 0.29) is 0 Å². The molecule has 2 atom stereocenters. The standard InChI is InChI=1S/C14H23NOS/c1-4-15-13-12(7-8-14(13,2)3)17-10-11-6-5-9-16-11/h5-6,9,12-13,15H,4,7-8,10H2,1-3H3. The molecule has 17 heavy (non-hydrogen) atoms. The van der Waals surface area contributed by atoms with E-state index in [9.17, 15) is 0 Å². The fourth-order valence-electron chi connectivity index (χ4n) is 2.73. The zero-order valence-corrected chi connectivity index (χ0v) is 11.8. The molecule has 1 aromatic heterocycles. The van der Waals surface area contributed by atoms with Gasteiger partial charge in [0.25, 0.3) is 0 Å². The molecule has 1 saturated carbocycles. The first-order valence-electron chi connectivity index (χ1n) is 6.51. The summed E-state index contributed by atoms with van der Waals surface area (Å²) in [6, 6.07) is 4.67. The van der Waals surface area contributed by atoms with Crippen LogP contribution in [0.2, 0.25) is 0 Å². The van der Waals surface area contributed by atoms with Gasteiger partial charge in [-0.15, -0.1) is 11.8 Å². The monoisotopic (exact) mass is 253 g/mol. The van der Waals surface area contributed by atoms with Crippen molar-refractivity contribution in [1.82, 2.24) is 5.32 Å². The molecule has 2 unspecified atom stereocenters. The minimum atomic E-state index is 0.427. The van der Waals surface area contributed by atoms with Crippen molar-refractivity contribution in [2.24, 2.45) is 5.41 Å². The largest absolute Gasteiger partial charge is 0.468 e. The predicted octanol–water partition coefficient (Wildman–Crippen LogP) is 3.68. The minimum absolute atomic E-state index is 0.427. The number of hydrogen-bond donors (Lipinski definition) is 1. The van der Waals surface area contributed by atoms with E-state index in [1.54, 1.807) is 6.26 Å². The number of thioether (sulfide) groups is 1. The molecule has 0 radical (unpaired) electrons. The lowest BCUT2D eigenvalue weighted by molar-refractivity contribution is 0.290. The van der Waals surface area contributed by atoms with Gasteiger partial charge in [-0.05, 0) is 36.9 Å². The van der Waals surface area contributed by atoms with Crippen molar-refractivity contribution >= 4 is 11.8 Å². The highest BCUT2D eigenvalue weighted by Crippen LogP contribution is 2.43. The highest BCUT2D eigenvalue weighted by molar-refractivity contribution is 7.99. The minimum Gasteiger partial charge on any atom is -0.468 e. The van der Waals surface area contributed by atoms with Crippen LogP contribution >= 0.6 is 11.8 Å². The van der Waals surface area contributed by atoms with Crippen LogP contribution in [0.4, 0.5) is 0 Å². The fraction of sp³-hybridized carbons (Fsp3) is 0.714. The number of nitrogens with one attached hydrogen (secondary N) is 1. The molecular formula is C14H23NOS. The topological polar surface area (TPSA) is 25.2 Å². The van der Waals surface area contributed by atoms with E-state index in [1.165, 1.54) is 12.8 Å². The first-order valence-corrected chi connectivity index (χ1v) is 7.55. The Labute approximate surface area is 109 Å². The van der Waals surface area contributed by atoms with Gasteiger partial charge in [0.05, 0.1) is 12.0 Å². The summed E-state index contributed by atoms with van der Waals surface area (Å²) >= 11 is 2.04. The first kappa shape index (κ1) is 13.0. The van der Waals surface area contributed by atoms with Crippen LogP contribution in [-0.4, -0.2) is 17.8 Å². The van der Waals surface area contributed by atoms with Gasteiger partial charge in [-0.2, -0.15) is 0 Å². The number of furan rings is 1. The summed E-state index contributed by atoms with van der Waals surface area (Å²) in [5, 5.41) is 4.38. The maximum Gasteiger partial charge on any atom is 0.113 e. The van der Waals surface area contributed by atoms with Gasteiger partial charge in [0.15, 0.2) is 0 Å². The molecule has 0 aromatic carbocycles. The van der Waals surface area contributed by atoms with Crippen molar-refractivity contribution < 1.29 is 4.42 Å². The molecular weight excluding hydrogens is 230 g/mol. The first-order chi connectivity index (χ1) is 8.13. The van der Waals surface area contributed by atoms with E-state index in [2.05, 4.69) is 32.2 Å². The molecule has 0 bridgehead atoms. The van der Waals surface area contributed by atoms with E-state index >= 15 is 0 Å². The van der Waals surface area contributed by atoms with Gasteiger partial charge in [-0.3, -0.25) is 0 Å². The highest BCUT2D eigenvalue weighted by Gasteiger charge is 2.41. The van der Waals surface area contributed by atoms with Crippen molar-refractivity contribution in [2.45, 2.75) is 50.7 Å². The van der Waals surface area contributed by atoms with Crippen molar-refractivity contribution in [3.63, 3.8) is 0 Å². The van der Waals surface area contributed by atoms with Crippen LogP contribution < -0.4 is 5.32 Å². The molecule has 1 heterocycles. The molecule has 1 aromatic rings. The molecule has 0 amide bonds. The summed E-state index contributed by atoms with van der Waals surface area (Å²) in [4.78, 5) is 0. The van der Waals surface area contributed by atoms with E-state index in [4.69, 9.17) is 4.42 Å². The Morgan fingerprint density at radius 2 is 2.35 bits per heavy atom. The third kappa shape index (κ3) is 3.08. The molecule has 0 aliphatic heterocycles. The van der Waals surface area contributed by atoms with Gasteiger partial charge in [-0.1, -0.05) is 20.8 Å². The quantitative estimate of drug-likeness (QED) is 0.866. The Morgan fingerprint density at radius 1 is 1.53 bits per heavy atom. The normalized spacial score (nSPS) is 27.5. The van der Waals surface area contributed by atoms with Gasteiger partial charge in [0.2, 0.25) is 0 Å². The fourth-order valence-corrected chi connectivity index (χ4v) is 4.21. The third-order valence-electron chi connectivity index (χ3n) is 3.73. The molecule has 1 aliphatic carbocycles. The zero-order valence-electron chi connectivity index (χ0n) is 11.0. The predicted molar refractivity (Wildman–Crippen MR) is 74.3 cm³/mol. The van der Waals surface area contributed by atoms with Gasteiger partial charge in [0, 0.05) is 11.3 Å². The van der Waals surface area contributed by atoms with E-state index < -0.39 is 0 Å². The van der Waals surface area contributed by atoms with Crippen LogP contribution in [0.5, 0.6) is 0 Å². The van der Waals surface area contributed by atoms with Crippen LogP contribution in [0, 0.1) is 5.41 Å². The van der Waals surface area contributed by atoms with Crippen LogP contribution in [0.25, 0.3) is 0 Å². The van der Waals surface area contributed by atoms with Gasteiger partial charge < -0.3 is 9.73 Å². The van der Waals surface area contributed by atoms with Crippen molar-refractivity contribution in [3.8, 4) is 0 Å². The van der Waals surface area contributed by atoms with Crippen LogP contribution in [0.3, 0.4) is 0 Å². The molecule has 1 N–H and O–H groups in total. The SMILES string of the molecule is CCNC1C(SCc2ccco2)CCC1(C)C. The lowest BCUT2D eigenvalue weighted by atomic mass is 9.87. The second kappa shape index (κ2) is 5.49. The van der Waals surface area contributed by atoms with Crippen LogP contribution in [-0.2, 0) is 5.75 Å². The summed E-state index contributed by atoms with van der Waals surface area (Å²) in [7, 11) is 0. The molecule has 2 rings (SSSR count). The summed E-state index contributed by atoms with van der Waals surface area (Å²) < 4.78 is 5.40. The Hall–Kier alpha value is -0.410.